The molecule has 0 spiro atoms. The molecule has 2 aromatic rings. The Bertz CT molecular complexity index is 877. The van der Waals surface area contributed by atoms with Crippen LogP contribution in [0.3, 0.4) is 0 Å². The predicted molar refractivity (Wildman–Crippen MR) is 92.5 cm³/mol. The summed E-state index contributed by atoms with van der Waals surface area (Å²) in [5.41, 5.74) is 0.978. The summed E-state index contributed by atoms with van der Waals surface area (Å²) in [5, 5.41) is 11.2. The van der Waals surface area contributed by atoms with Gasteiger partial charge in [0.15, 0.2) is 0 Å². The SMILES string of the molecule is Cc1ccc(S(=O)(=O)Nc2c(C)cc(Br)cc2Cl)cc1[N+](=O)[O-]. The monoisotopic (exact) mass is 418 g/mol. The quantitative estimate of drug-likeness (QED) is 0.586. The molecule has 0 aliphatic carbocycles. The van der Waals surface area contributed by atoms with E-state index < -0.39 is 14.9 Å². The van der Waals surface area contributed by atoms with E-state index in [0.29, 0.717) is 15.6 Å². The average Bonchev–Trinajstić information content (AvgIpc) is 2.42. The number of benzene rings is 2. The highest BCUT2D eigenvalue weighted by Gasteiger charge is 2.21. The number of sulfonamides is 1. The van der Waals surface area contributed by atoms with Gasteiger partial charge in [0.25, 0.3) is 15.7 Å². The van der Waals surface area contributed by atoms with Crippen LogP contribution in [0.1, 0.15) is 11.1 Å². The van der Waals surface area contributed by atoms with E-state index >= 15 is 0 Å². The van der Waals surface area contributed by atoms with Crippen molar-refractivity contribution in [3.05, 3.63) is 61.1 Å². The Kier molecular flexibility index (Phi) is 4.98. The number of nitrogens with one attached hydrogen (secondary N) is 1. The van der Waals surface area contributed by atoms with Gasteiger partial charge in [-0.25, -0.2) is 8.42 Å². The first-order valence-electron chi connectivity index (χ1n) is 6.35. The highest BCUT2D eigenvalue weighted by Crippen LogP contribution is 2.32. The Balaban J connectivity index is 2.48. The van der Waals surface area contributed by atoms with Crippen LogP contribution in [0.25, 0.3) is 0 Å². The molecule has 122 valence electrons. The molecule has 0 aromatic heterocycles. The number of nitro groups is 1. The fourth-order valence-corrected chi connectivity index (χ4v) is 4.22. The maximum Gasteiger partial charge on any atom is 0.273 e. The number of halogens is 2. The molecule has 1 N–H and O–H groups in total. The first-order valence-corrected chi connectivity index (χ1v) is 9.01. The van der Waals surface area contributed by atoms with Crippen molar-refractivity contribution in [1.29, 1.82) is 0 Å². The number of hydrogen-bond acceptors (Lipinski definition) is 4. The minimum atomic E-state index is -4.00. The topological polar surface area (TPSA) is 89.3 Å². The largest absolute Gasteiger partial charge is 0.278 e. The lowest BCUT2D eigenvalue weighted by Crippen LogP contribution is -2.14. The van der Waals surface area contributed by atoms with Gasteiger partial charge in [-0.15, -0.1) is 0 Å². The van der Waals surface area contributed by atoms with E-state index in [1.165, 1.54) is 19.1 Å². The number of aryl methyl sites for hydroxylation is 2. The van der Waals surface area contributed by atoms with Gasteiger partial charge in [-0.3, -0.25) is 14.8 Å². The van der Waals surface area contributed by atoms with Gasteiger partial charge < -0.3 is 0 Å². The standard InChI is InChI=1S/C14H12BrClN2O4S/c1-8-3-4-11(7-13(8)18(19)20)23(21,22)17-14-9(2)5-10(15)6-12(14)16/h3-7,17H,1-2H3. The molecule has 0 heterocycles. The van der Waals surface area contributed by atoms with Crippen molar-refractivity contribution in [3.8, 4) is 0 Å². The molecule has 0 atom stereocenters. The van der Waals surface area contributed by atoms with Crippen molar-refractivity contribution in [1.82, 2.24) is 0 Å². The van der Waals surface area contributed by atoms with Gasteiger partial charge in [0.05, 0.1) is 20.5 Å². The van der Waals surface area contributed by atoms with Gasteiger partial charge in [0.1, 0.15) is 0 Å². The molecule has 0 radical (unpaired) electrons. The van der Waals surface area contributed by atoms with Crippen molar-refractivity contribution in [3.63, 3.8) is 0 Å². The molecule has 6 nitrogen and oxygen atoms in total. The van der Waals surface area contributed by atoms with E-state index in [1.807, 2.05) is 0 Å². The van der Waals surface area contributed by atoms with E-state index in [9.17, 15) is 18.5 Å². The van der Waals surface area contributed by atoms with E-state index in [4.69, 9.17) is 11.6 Å². The summed E-state index contributed by atoms with van der Waals surface area (Å²) < 4.78 is 28.0. The second kappa shape index (κ2) is 6.46. The van der Waals surface area contributed by atoms with Crippen molar-refractivity contribution in [2.75, 3.05) is 4.72 Å². The Morgan fingerprint density at radius 3 is 2.39 bits per heavy atom. The summed E-state index contributed by atoms with van der Waals surface area (Å²) >= 11 is 9.34. The Hall–Kier alpha value is -1.64. The summed E-state index contributed by atoms with van der Waals surface area (Å²) in [6.45, 7) is 3.24. The van der Waals surface area contributed by atoms with Gasteiger partial charge >= 0.3 is 0 Å². The van der Waals surface area contributed by atoms with Gasteiger partial charge in [-0.1, -0.05) is 33.6 Å². The van der Waals surface area contributed by atoms with Gasteiger partial charge in [-0.2, -0.15) is 0 Å². The summed E-state index contributed by atoms with van der Waals surface area (Å²) in [6, 6.07) is 7.00. The smallest absolute Gasteiger partial charge is 0.273 e. The van der Waals surface area contributed by atoms with Crippen LogP contribution in [0, 0.1) is 24.0 Å². The van der Waals surface area contributed by atoms with Crippen molar-refractivity contribution in [2.45, 2.75) is 18.7 Å². The molecule has 9 heteroatoms. The molecule has 0 bridgehead atoms. The Morgan fingerprint density at radius 1 is 1.17 bits per heavy atom. The summed E-state index contributed by atoms with van der Waals surface area (Å²) in [6.07, 6.45) is 0. The normalized spacial score (nSPS) is 11.3. The van der Waals surface area contributed by atoms with Crippen molar-refractivity contribution < 1.29 is 13.3 Å². The zero-order chi connectivity index (χ0) is 17.4. The molecule has 0 fully saturated rings. The zero-order valence-electron chi connectivity index (χ0n) is 12.1. The maximum atomic E-state index is 12.5. The number of rotatable bonds is 4. The van der Waals surface area contributed by atoms with E-state index in [1.54, 1.807) is 19.1 Å². The zero-order valence-corrected chi connectivity index (χ0v) is 15.3. The lowest BCUT2D eigenvalue weighted by Gasteiger charge is -2.13. The van der Waals surface area contributed by atoms with Crippen LogP contribution in [0.15, 0.2) is 39.7 Å². The second-order valence-electron chi connectivity index (χ2n) is 4.89. The molecule has 2 rings (SSSR count). The summed E-state index contributed by atoms with van der Waals surface area (Å²) in [5.74, 6) is 0. The number of anilines is 1. The molecule has 23 heavy (non-hydrogen) atoms. The van der Waals surface area contributed by atoms with Crippen LogP contribution in [0.2, 0.25) is 5.02 Å². The highest BCUT2D eigenvalue weighted by atomic mass is 79.9. The lowest BCUT2D eigenvalue weighted by molar-refractivity contribution is -0.385. The first-order chi connectivity index (χ1) is 10.6. The third kappa shape index (κ3) is 3.82. The van der Waals surface area contributed by atoms with Crippen LogP contribution < -0.4 is 4.72 Å². The van der Waals surface area contributed by atoms with Crippen LogP contribution in [0.4, 0.5) is 11.4 Å². The maximum absolute atomic E-state index is 12.5. The third-order valence-corrected chi connectivity index (χ3v) is 5.28. The fourth-order valence-electron chi connectivity index (χ4n) is 1.98. The predicted octanol–water partition coefficient (Wildman–Crippen LogP) is 4.43. The Morgan fingerprint density at radius 2 is 1.83 bits per heavy atom. The van der Waals surface area contributed by atoms with Crippen LogP contribution in [-0.4, -0.2) is 13.3 Å². The molecular formula is C14H12BrClN2O4S. The minimum absolute atomic E-state index is 0.201. The van der Waals surface area contributed by atoms with E-state index in [0.717, 1.165) is 6.07 Å². The molecule has 0 unspecified atom stereocenters. The van der Waals surface area contributed by atoms with Crippen molar-refractivity contribution in [2.24, 2.45) is 0 Å². The first kappa shape index (κ1) is 17.7. The van der Waals surface area contributed by atoms with Gasteiger partial charge in [-0.05, 0) is 37.6 Å². The van der Waals surface area contributed by atoms with Crippen molar-refractivity contribution >= 4 is 48.9 Å². The van der Waals surface area contributed by atoms with Crippen LogP contribution in [-0.2, 0) is 10.0 Å². The number of hydrogen-bond donors (Lipinski definition) is 1. The van der Waals surface area contributed by atoms with Gasteiger partial charge in [0, 0.05) is 16.1 Å². The third-order valence-electron chi connectivity index (χ3n) is 3.18. The number of nitro benzene ring substituents is 1. The molecular weight excluding hydrogens is 408 g/mol. The molecule has 0 saturated heterocycles. The molecule has 0 aliphatic heterocycles. The Labute approximate surface area is 146 Å². The summed E-state index contributed by atoms with van der Waals surface area (Å²) in [7, 11) is -4.00. The van der Waals surface area contributed by atoms with Crippen LogP contribution in [0.5, 0.6) is 0 Å². The second-order valence-corrected chi connectivity index (χ2v) is 7.90. The van der Waals surface area contributed by atoms with E-state index in [-0.39, 0.29) is 21.3 Å². The average molecular weight is 420 g/mol. The fraction of sp³-hybridized carbons (Fsp3) is 0.143. The molecule has 0 amide bonds. The van der Waals surface area contributed by atoms with Crippen LogP contribution >= 0.6 is 27.5 Å². The van der Waals surface area contributed by atoms with Gasteiger partial charge in [0.2, 0.25) is 0 Å². The molecule has 0 saturated carbocycles. The summed E-state index contributed by atoms with van der Waals surface area (Å²) in [4.78, 5) is 10.1. The lowest BCUT2D eigenvalue weighted by atomic mass is 10.2. The molecule has 2 aromatic carbocycles. The molecule has 0 aliphatic rings. The number of nitrogens with zero attached hydrogens (tertiary/aromatic N) is 1. The van der Waals surface area contributed by atoms with E-state index in [2.05, 4.69) is 20.7 Å². The minimum Gasteiger partial charge on any atom is -0.278 e. The highest BCUT2D eigenvalue weighted by molar-refractivity contribution is 9.10.